The van der Waals surface area contributed by atoms with E-state index in [2.05, 4.69) is 47.4 Å². The maximum Gasteiger partial charge on any atom is 0.132 e. The van der Waals surface area contributed by atoms with E-state index in [-0.39, 0.29) is 0 Å². The molecule has 2 heterocycles. The largest absolute Gasteiger partial charge is 0.344 e. The third-order valence-electron chi connectivity index (χ3n) is 2.61. The summed E-state index contributed by atoms with van der Waals surface area (Å²) in [6.45, 7) is 4.30. The zero-order chi connectivity index (χ0) is 12.1. The van der Waals surface area contributed by atoms with Crippen LogP contribution >= 0.6 is 0 Å². The van der Waals surface area contributed by atoms with Gasteiger partial charge in [-0.2, -0.15) is 0 Å². The average molecular weight is 229 g/mol. The number of aromatic nitrogens is 1. The Hall–Kier alpha value is -1.77. The Kier molecular flexibility index (Phi) is 3.81. The number of allylic oxidation sites excluding steroid dienone is 2. The molecule has 17 heavy (non-hydrogen) atoms. The van der Waals surface area contributed by atoms with E-state index in [0.29, 0.717) is 0 Å². The molecular formula is C14H19N3. The highest BCUT2D eigenvalue weighted by atomic mass is 15.0. The van der Waals surface area contributed by atoms with E-state index >= 15 is 0 Å². The number of rotatable bonds is 4. The summed E-state index contributed by atoms with van der Waals surface area (Å²) in [5.41, 5.74) is 2.38. The van der Waals surface area contributed by atoms with Crippen LogP contribution in [0.25, 0.3) is 0 Å². The molecule has 0 saturated carbocycles. The van der Waals surface area contributed by atoms with E-state index in [1.54, 1.807) is 0 Å². The normalized spacial score (nSPS) is 19.2. The number of hydrogen-bond donors (Lipinski definition) is 2. The molecule has 2 rings (SSSR count). The van der Waals surface area contributed by atoms with Gasteiger partial charge in [0.25, 0.3) is 0 Å². The molecule has 0 atom stereocenters. The van der Waals surface area contributed by atoms with Gasteiger partial charge in [0.15, 0.2) is 0 Å². The fraction of sp³-hybridized carbons (Fsp3) is 0.357. The Morgan fingerprint density at radius 1 is 1.24 bits per heavy atom. The summed E-state index contributed by atoms with van der Waals surface area (Å²) < 4.78 is 0. The molecular weight excluding hydrogens is 210 g/mol. The number of hydrogen-bond acceptors (Lipinski definition) is 1. The van der Waals surface area contributed by atoms with Crippen molar-refractivity contribution in [3.8, 4) is 0 Å². The molecule has 3 heteroatoms. The van der Waals surface area contributed by atoms with Crippen molar-refractivity contribution in [1.82, 2.24) is 10.3 Å². The van der Waals surface area contributed by atoms with Crippen molar-refractivity contribution in [2.45, 2.75) is 33.1 Å². The summed E-state index contributed by atoms with van der Waals surface area (Å²) in [5, 5.41) is 3.26. The standard InChI is InChI=1S/C14H19N3/c1-3-5-11-7-9-13(15-11)17-14-10-8-12(16-14)6-4-2/h5,7-10,16H,3-4,6H2,1-2H3,(H,15,17). The lowest BCUT2D eigenvalue weighted by atomic mass is 10.3. The number of nitrogens with one attached hydrogen (secondary N) is 2. The fourth-order valence-electron chi connectivity index (χ4n) is 1.84. The van der Waals surface area contributed by atoms with Gasteiger partial charge < -0.3 is 10.3 Å². The van der Waals surface area contributed by atoms with E-state index < -0.39 is 0 Å². The van der Waals surface area contributed by atoms with E-state index in [0.717, 1.165) is 36.6 Å². The number of aryl methyl sites for hydroxylation is 1. The maximum atomic E-state index is 4.52. The van der Waals surface area contributed by atoms with E-state index in [1.807, 2.05) is 12.1 Å². The number of H-pyrrole nitrogens is 1. The minimum atomic E-state index is 0.898. The van der Waals surface area contributed by atoms with Crippen molar-refractivity contribution in [1.29, 1.82) is 0 Å². The lowest BCUT2D eigenvalue weighted by Gasteiger charge is -1.98. The van der Waals surface area contributed by atoms with E-state index in [1.165, 1.54) is 5.69 Å². The van der Waals surface area contributed by atoms with E-state index in [4.69, 9.17) is 0 Å². The van der Waals surface area contributed by atoms with Crippen molar-refractivity contribution < 1.29 is 0 Å². The third-order valence-corrected chi connectivity index (χ3v) is 2.61. The Balaban J connectivity index is 2.05. The summed E-state index contributed by atoms with van der Waals surface area (Å²) in [6.07, 6.45) is 9.46. The zero-order valence-corrected chi connectivity index (χ0v) is 10.5. The Bertz CT molecular complexity index is 464. The van der Waals surface area contributed by atoms with Crippen LogP contribution in [0.2, 0.25) is 0 Å². The minimum absolute atomic E-state index is 0.898. The van der Waals surface area contributed by atoms with Gasteiger partial charge in [-0.25, -0.2) is 4.99 Å². The monoisotopic (exact) mass is 229 g/mol. The molecule has 1 aromatic rings. The smallest absolute Gasteiger partial charge is 0.132 e. The van der Waals surface area contributed by atoms with Gasteiger partial charge in [-0.05, 0) is 37.1 Å². The van der Waals surface area contributed by atoms with Crippen LogP contribution in [-0.4, -0.2) is 10.8 Å². The Labute approximate surface area is 102 Å². The summed E-state index contributed by atoms with van der Waals surface area (Å²) in [5.74, 6) is 1.81. The minimum Gasteiger partial charge on any atom is -0.344 e. The molecule has 0 unspecified atom stereocenters. The second kappa shape index (κ2) is 5.53. The fourth-order valence-corrected chi connectivity index (χ4v) is 1.84. The third kappa shape index (κ3) is 3.09. The van der Waals surface area contributed by atoms with Crippen LogP contribution in [-0.2, 0) is 6.42 Å². The highest BCUT2D eigenvalue weighted by Crippen LogP contribution is 2.14. The number of aromatic amines is 1. The van der Waals surface area contributed by atoms with Gasteiger partial charge in [-0.3, -0.25) is 0 Å². The average Bonchev–Trinajstić information content (AvgIpc) is 2.91. The van der Waals surface area contributed by atoms with Gasteiger partial charge in [0.05, 0.1) is 0 Å². The second-order valence-electron chi connectivity index (χ2n) is 4.14. The topological polar surface area (TPSA) is 40.2 Å². The molecule has 0 bridgehead atoms. The predicted molar refractivity (Wildman–Crippen MR) is 72.5 cm³/mol. The van der Waals surface area contributed by atoms with Gasteiger partial charge in [0, 0.05) is 11.4 Å². The van der Waals surface area contributed by atoms with E-state index in [9.17, 15) is 0 Å². The predicted octanol–water partition coefficient (Wildman–Crippen LogP) is 3.45. The van der Waals surface area contributed by atoms with Crippen LogP contribution < -0.4 is 5.32 Å². The van der Waals surface area contributed by atoms with Crippen LogP contribution in [0, 0.1) is 0 Å². The number of nitrogens with zero attached hydrogens (tertiary/aromatic N) is 1. The molecule has 0 aliphatic carbocycles. The van der Waals surface area contributed by atoms with Crippen LogP contribution in [0.15, 0.2) is 41.1 Å². The summed E-state index contributed by atoms with van der Waals surface area (Å²) >= 11 is 0. The molecule has 0 aromatic carbocycles. The van der Waals surface area contributed by atoms with Crippen LogP contribution in [0.4, 0.5) is 5.82 Å². The Morgan fingerprint density at radius 2 is 2.12 bits per heavy atom. The highest BCUT2D eigenvalue weighted by Gasteiger charge is 2.05. The molecule has 0 spiro atoms. The van der Waals surface area contributed by atoms with Gasteiger partial charge in [0.2, 0.25) is 0 Å². The molecule has 90 valence electrons. The summed E-state index contributed by atoms with van der Waals surface area (Å²) in [4.78, 5) is 7.82. The molecule has 3 nitrogen and oxygen atoms in total. The van der Waals surface area contributed by atoms with Crippen molar-refractivity contribution in [3.05, 3.63) is 41.8 Å². The quantitative estimate of drug-likeness (QED) is 0.815. The molecule has 2 N–H and O–H groups in total. The van der Waals surface area contributed by atoms with Gasteiger partial charge in [-0.15, -0.1) is 0 Å². The molecule has 1 aromatic heterocycles. The molecule has 1 aliphatic heterocycles. The molecule has 0 saturated heterocycles. The first kappa shape index (κ1) is 11.7. The van der Waals surface area contributed by atoms with Crippen LogP contribution in [0.3, 0.4) is 0 Å². The van der Waals surface area contributed by atoms with Crippen molar-refractivity contribution in [3.63, 3.8) is 0 Å². The second-order valence-corrected chi connectivity index (χ2v) is 4.14. The van der Waals surface area contributed by atoms with Crippen LogP contribution in [0.1, 0.15) is 32.4 Å². The van der Waals surface area contributed by atoms with Gasteiger partial charge >= 0.3 is 0 Å². The first-order valence-electron chi connectivity index (χ1n) is 6.23. The number of aliphatic imine (C=N–C) groups is 1. The van der Waals surface area contributed by atoms with Gasteiger partial charge in [-0.1, -0.05) is 26.3 Å². The summed E-state index contributed by atoms with van der Waals surface area (Å²) in [6, 6.07) is 4.12. The Morgan fingerprint density at radius 3 is 2.88 bits per heavy atom. The number of amidine groups is 1. The lowest BCUT2D eigenvalue weighted by Crippen LogP contribution is -2.13. The van der Waals surface area contributed by atoms with Crippen molar-refractivity contribution >= 4 is 11.7 Å². The van der Waals surface area contributed by atoms with Gasteiger partial charge in [0.1, 0.15) is 11.7 Å². The SMILES string of the molecule is CCC=C1C=CC(=Nc2ccc(CCC)[nH]2)N1. The molecule has 0 radical (unpaired) electrons. The molecule has 0 fully saturated rings. The highest BCUT2D eigenvalue weighted by molar-refractivity contribution is 5.99. The first-order valence-corrected chi connectivity index (χ1v) is 6.23. The summed E-state index contributed by atoms with van der Waals surface area (Å²) in [7, 11) is 0. The zero-order valence-electron chi connectivity index (χ0n) is 10.5. The lowest BCUT2D eigenvalue weighted by molar-refractivity contribution is 0.892. The van der Waals surface area contributed by atoms with Crippen LogP contribution in [0.5, 0.6) is 0 Å². The maximum absolute atomic E-state index is 4.52. The first-order chi connectivity index (χ1) is 8.31. The molecule has 0 amide bonds. The van der Waals surface area contributed by atoms with Crippen molar-refractivity contribution in [2.24, 2.45) is 4.99 Å². The van der Waals surface area contributed by atoms with Crippen molar-refractivity contribution in [2.75, 3.05) is 0 Å². The molecule has 1 aliphatic rings.